The second-order valence-electron chi connectivity index (χ2n) is 6.43. The lowest BCUT2D eigenvalue weighted by Crippen LogP contribution is -2.13. The zero-order valence-corrected chi connectivity index (χ0v) is 12.2. The molecule has 0 N–H and O–H groups in total. The Kier molecular flexibility index (Phi) is 7.80. The SMILES string of the molecule is C=CC(C)(CCCC(C)C)CCCC(C)C. The average Bonchev–Trinajstić information content (AvgIpc) is 2.16. The molecule has 0 amide bonds. The summed E-state index contributed by atoms with van der Waals surface area (Å²) >= 11 is 0. The summed E-state index contributed by atoms with van der Waals surface area (Å²) in [6.07, 6.45) is 10.2. The van der Waals surface area contributed by atoms with E-state index in [1.807, 2.05) is 0 Å². The molecule has 96 valence electrons. The Morgan fingerprint density at radius 1 is 0.938 bits per heavy atom. The summed E-state index contributed by atoms with van der Waals surface area (Å²) in [6.45, 7) is 15.6. The van der Waals surface area contributed by atoms with Crippen molar-refractivity contribution in [2.75, 3.05) is 0 Å². The highest BCUT2D eigenvalue weighted by Gasteiger charge is 2.19. The highest BCUT2D eigenvalue weighted by molar-refractivity contribution is 4.91. The zero-order valence-electron chi connectivity index (χ0n) is 12.2. The monoisotopic (exact) mass is 224 g/mol. The van der Waals surface area contributed by atoms with Crippen LogP contribution in [0.4, 0.5) is 0 Å². The quantitative estimate of drug-likeness (QED) is 0.432. The van der Waals surface area contributed by atoms with Crippen LogP contribution in [0, 0.1) is 17.3 Å². The van der Waals surface area contributed by atoms with Crippen LogP contribution in [0.3, 0.4) is 0 Å². The topological polar surface area (TPSA) is 0 Å². The van der Waals surface area contributed by atoms with Crippen molar-refractivity contribution < 1.29 is 0 Å². The van der Waals surface area contributed by atoms with Gasteiger partial charge < -0.3 is 0 Å². The van der Waals surface area contributed by atoms with E-state index in [2.05, 4.69) is 47.3 Å². The van der Waals surface area contributed by atoms with Crippen LogP contribution in [0.5, 0.6) is 0 Å². The van der Waals surface area contributed by atoms with Gasteiger partial charge in [0.05, 0.1) is 0 Å². The van der Waals surface area contributed by atoms with Crippen LogP contribution in [0.2, 0.25) is 0 Å². The first-order chi connectivity index (χ1) is 7.39. The van der Waals surface area contributed by atoms with Gasteiger partial charge >= 0.3 is 0 Å². The smallest absolute Gasteiger partial charge is 0.0149 e. The van der Waals surface area contributed by atoms with Gasteiger partial charge in [0.15, 0.2) is 0 Å². The van der Waals surface area contributed by atoms with Crippen molar-refractivity contribution in [1.82, 2.24) is 0 Å². The Morgan fingerprint density at radius 3 is 1.56 bits per heavy atom. The predicted molar refractivity (Wildman–Crippen MR) is 75.7 cm³/mol. The molecular formula is C16H32. The molecule has 0 rings (SSSR count). The Morgan fingerprint density at radius 2 is 1.31 bits per heavy atom. The average molecular weight is 224 g/mol. The van der Waals surface area contributed by atoms with E-state index in [1.54, 1.807) is 0 Å². The van der Waals surface area contributed by atoms with Gasteiger partial charge in [-0.25, -0.2) is 0 Å². The van der Waals surface area contributed by atoms with Crippen molar-refractivity contribution >= 4 is 0 Å². The van der Waals surface area contributed by atoms with Crippen LogP contribution >= 0.6 is 0 Å². The van der Waals surface area contributed by atoms with Gasteiger partial charge in [-0.05, 0) is 30.1 Å². The maximum atomic E-state index is 4.03. The molecule has 0 saturated heterocycles. The Bertz CT molecular complexity index is 162. The van der Waals surface area contributed by atoms with E-state index in [0.29, 0.717) is 5.41 Å². The minimum Gasteiger partial charge on any atom is -0.103 e. The molecule has 0 spiro atoms. The lowest BCUT2D eigenvalue weighted by Gasteiger charge is -2.26. The van der Waals surface area contributed by atoms with Crippen molar-refractivity contribution in [3.8, 4) is 0 Å². The molecule has 0 saturated carbocycles. The van der Waals surface area contributed by atoms with Crippen LogP contribution in [-0.4, -0.2) is 0 Å². The Hall–Kier alpha value is -0.260. The van der Waals surface area contributed by atoms with E-state index >= 15 is 0 Å². The lowest BCUT2D eigenvalue weighted by molar-refractivity contribution is 0.316. The van der Waals surface area contributed by atoms with E-state index in [0.717, 1.165) is 11.8 Å². The van der Waals surface area contributed by atoms with Gasteiger partial charge in [-0.15, -0.1) is 6.58 Å². The van der Waals surface area contributed by atoms with Gasteiger partial charge in [0.25, 0.3) is 0 Å². The summed E-state index contributed by atoms with van der Waals surface area (Å²) in [5.41, 5.74) is 0.379. The first kappa shape index (κ1) is 15.7. The Balaban J connectivity index is 3.86. The molecule has 0 aliphatic heterocycles. The molecule has 16 heavy (non-hydrogen) atoms. The van der Waals surface area contributed by atoms with Gasteiger partial charge in [0.1, 0.15) is 0 Å². The molecule has 0 unspecified atom stereocenters. The molecule has 0 heteroatoms. The van der Waals surface area contributed by atoms with Crippen molar-refractivity contribution in [1.29, 1.82) is 0 Å². The molecule has 0 aromatic rings. The van der Waals surface area contributed by atoms with Gasteiger partial charge in [0.2, 0.25) is 0 Å². The van der Waals surface area contributed by atoms with Crippen LogP contribution in [-0.2, 0) is 0 Å². The molecule has 0 bridgehead atoms. The van der Waals surface area contributed by atoms with Crippen molar-refractivity contribution in [2.24, 2.45) is 17.3 Å². The minimum atomic E-state index is 0.379. The maximum Gasteiger partial charge on any atom is -0.0149 e. The summed E-state index contributed by atoms with van der Waals surface area (Å²) in [4.78, 5) is 0. The van der Waals surface area contributed by atoms with E-state index in [1.165, 1.54) is 38.5 Å². The molecule has 0 aromatic heterocycles. The fourth-order valence-electron chi connectivity index (χ4n) is 2.16. The second kappa shape index (κ2) is 7.92. The first-order valence-corrected chi connectivity index (χ1v) is 7.03. The molecule has 0 aromatic carbocycles. The fraction of sp³-hybridized carbons (Fsp3) is 0.875. The summed E-state index contributed by atoms with van der Waals surface area (Å²) in [5, 5.41) is 0. The summed E-state index contributed by atoms with van der Waals surface area (Å²) in [7, 11) is 0. The van der Waals surface area contributed by atoms with Gasteiger partial charge in [-0.2, -0.15) is 0 Å². The molecule has 0 atom stereocenters. The summed E-state index contributed by atoms with van der Waals surface area (Å²) in [5.74, 6) is 1.68. The number of hydrogen-bond donors (Lipinski definition) is 0. The molecule has 0 aliphatic carbocycles. The van der Waals surface area contributed by atoms with E-state index < -0.39 is 0 Å². The molecule has 0 aliphatic rings. The van der Waals surface area contributed by atoms with E-state index in [4.69, 9.17) is 0 Å². The highest BCUT2D eigenvalue weighted by Crippen LogP contribution is 2.32. The van der Waals surface area contributed by atoms with E-state index in [-0.39, 0.29) is 0 Å². The summed E-state index contributed by atoms with van der Waals surface area (Å²) < 4.78 is 0. The van der Waals surface area contributed by atoms with Crippen LogP contribution in [0.1, 0.15) is 73.1 Å². The van der Waals surface area contributed by atoms with E-state index in [9.17, 15) is 0 Å². The van der Waals surface area contributed by atoms with Gasteiger partial charge in [-0.3, -0.25) is 0 Å². The van der Waals surface area contributed by atoms with Crippen LogP contribution in [0.25, 0.3) is 0 Å². The highest BCUT2D eigenvalue weighted by atomic mass is 14.2. The predicted octanol–water partition coefficient (Wildman–Crippen LogP) is 5.83. The third kappa shape index (κ3) is 7.96. The number of rotatable bonds is 9. The van der Waals surface area contributed by atoms with Crippen molar-refractivity contribution in [2.45, 2.75) is 73.1 Å². The molecule has 0 heterocycles. The van der Waals surface area contributed by atoms with Crippen molar-refractivity contribution in [3.05, 3.63) is 12.7 Å². The number of hydrogen-bond acceptors (Lipinski definition) is 0. The molecule has 0 fully saturated rings. The van der Waals surface area contributed by atoms with Gasteiger partial charge in [-0.1, -0.05) is 66.4 Å². The third-order valence-electron chi connectivity index (χ3n) is 3.55. The Labute approximate surface area is 104 Å². The maximum absolute atomic E-state index is 4.03. The number of allylic oxidation sites excluding steroid dienone is 1. The first-order valence-electron chi connectivity index (χ1n) is 7.03. The lowest BCUT2D eigenvalue weighted by atomic mass is 9.79. The van der Waals surface area contributed by atoms with Crippen molar-refractivity contribution in [3.63, 3.8) is 0 Å². The molecular weight excluding hydrogens is 192 g/mol. The third-order valence-corrected chi connectivity index (χ3v) is 3.55. The standard InChI is InChI=1S/C16H32/c1-7-16(6,12-8-10-14(2)3)13-9-11-15(4)5/h7,14-15H,1,8-13H2,2-6H3. The normalized spacial score (nSPS) is 12.4. The van der Waals surface area contributed by atoms with Gasteiger partial charge in [0, 0.05) is 0 Å². The molecule has 0 radical (unpaired) electrons. The second-order valence-corrected chi connectivity index (χ2v) is 6.43. The zero-order chi connectivity index (χ0) is 12.6. The van der Waals surface area contributed by atoms with Crippen LogP contribution < -0.4 is 0 Å². The van der Waals surface area contributed by atoms with Crippen LogP contribution in [0.15, 0.2) is 12.7 Å². The minimum absolute atomic E-state index is 0.379. The fourth-order valence-corrected chi connectivity index (χ4v) is 2.16. The molecule has 0 nitrogen and oxygen atoms in total. The largest absolute Gasteiger partial charge is 0.103 e. The summed E-state index contributed by atoms with van der Waals surface area (Å²) in [6, 6.07) is 0.